The monoisotopic (exact) mass is 477 g/mol. The van der Waals surface area contributed by atoms with Crippen LogP contribution in [0.4, 0.5) is 18.9 Å². The van der Waals surface area contributed by atoms with E-state index in [0.29, 0.717) is 28.4 Å². The molecule has 2 aromatic carbocycles. The van der Waals surface area contributed by atoms with Gasteiger partial charge in [-0.05, 0) is 48.1 Å². The second kappa shape index (κ2) is 9.67. The predicted octanol–water partition coefficient (Wildman–Crippen LogP) is 7.08. The molecule has 1 aliphatic rings. The largest absolute Gasteiger partial charge is 0.429 e. The average Bonchev–Trinajstić information content (AvgIpc) is 3.24. The highest BCUT2D eigenvalue weighted by Crippen LogP contribution is 2.34. The molecule has 33 heavy (non-hydrogen) atoms. The quantitative estimate of drug-likeness (QED) is 0.459. The third kappa shape index (κ3) is 6.02. The molecule has 1 unspecified atom stereocenters. The highest BCUT2D eigenvalue weighted by Gasteiger charge is 2.37. The summed E-state index contributed by atoms with van der Waals surface area (Å²) in [5.41, 5.74) is -0.211. The van der Waals surface area contributed by atoms with Crippen molar-refractivity contribution in [3.63, 3.8) is 0 Å². The number of para-hydroxylation sites is 1. The van der Waals surface area contributed by atoms with Crippen molar-refractivity contribution in [1.82, 2.24) is 4.90 Å². The van der Waals surface area contributed by atoms with Gasteiger partial charge in [-0.25, -0.2) is 0 Å². The van der Waals surface area contributed by atoms with Crippen LogP contribution in [0.15, 0.2) is 53.5 Å². The number of carbonyl (C=O) groups excluding carboxylic acids is 1. The Morgan fingerprint density at radius 3 is 2.27 bits per heavy atom. The molecular formula is C25H27ClF3N3O. The van der Waals surface area contributed by atoms with Crippen molar-refractivity contribution in [2.24, 2.45) is 10.4 Å². The third-order valence-corrected chi connectivity index (χ3v) is 6.09. The van der Waals surface area contributed by atoms with Crippen molar-refractivity contribution in [2.45, 2.75) is 52.3 Å². The molecule has 1 fully saturated rings. The van der Waals surface area contributed by atoms with Crippen LogP contribution in [0.5, 0.6) is 0 Å². The summed E-state index contributed by atoms with van der Waals surface area (Å²) in [5, 5.41) is 7.74. The Bertz CT molecular complexity index is 1060. The van der Waals surface area contributed by atoms with Crippen LogP contribution in [0.2, 0.25) is 5.02 Å². The lowest BCUT2D eigenvalue weighted by Crippen LogP contribution is -2.43. The number of alkyl halides is 3. The Morgan fingerprint density at radius 1 is 1.09 bits per heavy atom. The minimum Gasteiger partial charge on any atom is -0.335 e. The first kappa shape index (κ1) is 25.0. The summed E-state index contributed by atoms with van der Waals surface area (Å²) in [6.07, 6.45) is -3.57. The second-order valence-corrected chi connectivity index (χ2v) is 9.67. The van der Waals surface area contributed by atoms with Gasteiger partial charge in [-0.2, -0.15) is 13.2 Å². The van der Waals surface area contributed by atoms with Gasteiger partial charge in [-0.15, -0.1) is 0 Å². The van der Waals surface area contributed by atoms with E-state index in [0.717, 1.165) is 12.8 Å². The number of hydrogen-bond acceptors (Lipinski definition) is 3. The number of carbonyl (C=O) groups is 1. The number of halogens is 4. The fourth-order valence-corrected chi connectivity index (χ4v) is 4.22. The molecule has 0 radical (unpaired) electrons. The van der Waals surface area contributed by atoms with Crippen LogP contribution in [0.1, 0.15) is 56.0 Å². The van der Waals surface area contributed by atoms with Gasteiger partial charge in [0, 0.05) is 24.6 Å². The molecule has 1 amide bonds. The molecule has 0 bridgehead atoms. The smallest absolute Gasteiger partial charge is 0.335 e. The number of aliphatic imine (C=N–C) groups is 1. The molecule has 3 rings (SSSR count). The molecular weight excluding hydrogens is 451 g/mol. The van der Waals surface area contributed by atoms with Gasteiger partial charge >= 0.3 is 6.18 Å². The van der Waals surface area contributed by atoms with Crippen LogP contribution < -0.4 is 0 Å². The zero-order valence-corrected chi connectivity index (χ0v) is 19.6. The van der Waals surface area contributed by atoms with Gasteiger partial charge < -0.3 is 10.3 Å². The van der Waals surface area contributed by atoms with Crippen molar-refractivity contribution in [1.29, 1.82) is 5.41 Å². The van der Waals surface area contributed by atoms with Crippen LogP contribution >= 0.6 is 11.6 Å². The van der Waals surface area contributed by atoms with E-state index in [1.165, 1.54) is 0 Å². The van der Waals surface area contributed by atoms with Gasteiger partial charge in [-0.3, -0.25) is 9.79 Å². The Labute approximate surface area is 197 Å². The molecule has 1 heterocycles. The molecule has 8 heteroatoms. The predicted molar refractivity (Wildman–Crippen MR) is 126 cm³/mol. The molecule has 1 aliphatic heterocycles. The van der Waals surface area contributed by atoms with E-state index >= 15 is 0 Å². The second-order valence-electron chi connectivity index (χ2n) is 9.26. The third-order valence-electron chi connectivity index (χ3n) is 5.77. The highest BCUT2D eigenvalue weighted by molar-refractivity contribution is 6.33. The summed E-state index contributed by atoms with van der Waals surface area (Å²) < 4.78 is 39.2. The lowest BCUT2D eigenvalue weighted by Gasteiger charge is -2.35. The van der Waals surface area contributed by atoms with Crippen LogP contribution in [0, 0.1) is 10.8 Å². The van der Waals surface area contributed by atoms with Crippen molar-refractivity contribution in [3.8, 4) is 0 Å². The number of nitrogens with zero attached hydrogens (tertiary/aromatic N) is 2. The summed E-state index contributed by atoms with van der Waals surface area (Å²) >= 11 is 6.14. The Hall–Kier alpha value is -2.67. The van der Waals surface area contributed by atoms with Crippen LogP contribution in [0.3, 0.4) is 0 Å². The van der Waals surface area contributed by atoms with Gasteiger partial charge in [-0.1, -0.05) is 56.6 Å². The van der Waals surface area contributed by atoms with E-state index in [4.69, 9.17) is 17.0 Å². The SMILES string of the molecule is CC(C)(C)C1CCCN1C(=O)c1ccc(C(CC(=N)C(F)(F)F)=Nc2ccccc2Cl)cc1. The molecule has 0 aromatic heterocycles. The van der Waals surface area contributed by atoms with Crippen molar-refractivity contribution < 1.29 is 18.0 Å². The van der Waals surface area contributed by atoms with Crippen LogP contribution in [-0.2, 0) is 0 Å². The van der Waals surface area contributed by atoms with Crippen molar-refractivity contribution >= 4 is 34.6 Å². The number of likely N-dealkylation sites (tertiary alicyclic amines) is 1. The van der Waals surface area contributed by atoms with Gasteiger partial charge in [0.1, 0.15) is 5.71 Å². The minimum atomic E-state index is -4.76. The normalized spacial score (nSPS) is 17.4. The van der Waals surface area contributed by atoms with E-state index in [-0.39, 0.29) is 23.1 Å². The fraction of sp³-hybridized carbons (Fsp3) is 0.400. The first-order valence-corrected chi connectivity index (χ1v) is 11.1. The summed E-state index contributed by atoms with van der Waals surface area (Å²) in [6, 6.07) is 13.1. The lowest BCUT2D eigenvalue weighted by atomic mass is 9.85. The number of rotatable bonds is 5. The molecule has 0 saturated carbocycles. The first-order valence-electron chi connectivity index (χ1n) is 10.8. The molecule has 1 atom stereocenters. The first-order chi connectivity index (χ1) is 15.4. The van der Waals surface area contributed by atoms with Gasteiger partial charge in [0.05, 0.1) is 16.4 Å². The number of nitrogens with one attached hydrogen (secondary N) is 1. The van der Waals surface area contributed by atoms with Gasteiger partial charge in [0.25, 0.3) is 5.91 Å². The van der Waals surface area contributed by atoms with E-state index < -0.39 is 18.3 Å². The molecule has 4 nitrogen and oxygen atoms in total. The summed E-state index contributed by atoms with van der Waals surface area (Å²) in [7, 11) is 0. The van der Waals surface area contributed by atoms with E-state index in [9.17, 15) is 18.0 Å². The Morgan fingerprint density at radius 2 is 1.70 bits per heavy atom. The summed E-state index contributed by atoms with van der Waals surface area (Å²) in [4.78, 5) is 19.3. The van der Waals surface area contributed by atoms with Crippen molar-refractivity contribution in [2.75, 3.05) is 6.54 Å². The zero-order chi connectivity index (χ0) is 24.4. The summed E-state index contributed by atoms with van der Waals surface area (Å²) in [5.74, 6) is -0.0911. The Kier molecular flexibility index (Phi) is 7.32. The molecule has 1 saturated heterocycles. The lowest BCUT2D eigenvalue weighted by molar-refractivity contribution is -0.0605. The summed E-state index contributed by atoms with van der Waals surface area (Å²) in [6.45, 7) is 7.02. The molecule has 2 aromatic rings. The topological polar surface area (TPSA) is 56.5 Å². The molecule has 0 aliphatic carbocycles. The zero-order valence-electron chi connectivity index (χ0n) is 18.8. The van der Waals surface area contributed by atoms with E-state index in [1.54, 1.807) is 48.5 Å². The Balaban J connectivity index is 1.92. The fourth-order valence-electron chi connectivity index (χ4n) is 4.04. The van der Waals surface area contributed by atoms with Crippen LogP contribution in [0.25, 0.3) is 0 Å². The van der Waals surface area contributed by atoms with Crippen LogP contribution in [-0.4, -0.2) is 41.0 Å². The maximum atomic E-state index is 13.1. The van der Waals surface area contributed by atoms with E-state index in [1.807, 2.05) is 4.90 Å². The van der Waals surface area contributed by atoms with Gasteiger partial charge in [0.2, 0.25) is 0 Å². The number of hydrogen-bond donors (Lipinski definition) is 1. The average molecular weight is 478 g/mol. The number of benzene rings is 2. The highest BCUT2D eigenvalue weighted by atomic mass is 35.5. The molecule has 0 spiro atoms. The molecule has 1 N–H and O–H groups in total. The molecule has 176 valence electrons. The maximum Gasteiger partial charge on any atom is 0.429 e. The van der Waals surface area contributed by atoms with Crippen molar-refractivity contribution in [3.05, 3.63) is 64.7 Å². The number of amides is 1. The van der Waals surface area contributed by atoms with Gasteiger partial charge in [0.15, 0.2) is 0 Å². The minimum absolute atomic E-state index is 0.0428. The standard InChI is InChI=1S/C25H27ClF3N3O/c1-24(2,3)22-9-6-14-32(22)23(33)17-12-10-16(11-13-17)20(15-21(30)25(27,28)29)31-19-8-5-4-7-18(19)26/h4-5,7-8,10-13,22,30H,6,9,14-15H2,1-3H3. The maximum absolute atomic E-state index is 13.1. The van der Waals surface area contributed by atoms with E-state index in [2.05, 4.69) is 25.8 Å².